The molecular weight excluding hydrogens is 327 g/mol. The van der Waals surface area contributed by atoms with Crippen LogP contribution >= 0.6 is 23.2 Å². The maximum Gasteiger partial charge on any atom is 0.407 e. The highest BCUT2D eigenvalue weighted by Crippen LogP contribution is 2.36. The van der Waals surface area contributed by atoms with Crippen LogP contribution in [-0.2, 0) is 4.74 Å². The van der Waals surface area contributed by atoms with Gasteiger partial charge < -0.3 is 20.5 Å². The van der Waals surface area contributed by atoms with E-state index in [0.717, 1.165) is 18.5 Å². The monoisotopic (exact) mass is 346 g/mol. The van der Waals surface area contributed by atoms with Gasteiger partial charge in [0.1, 0.15) is 5.60 Å². The van der Waals surface area contributed by atoms with Crippen molar-refractivity contribution in [1.82, 2.24) is 5.32 Å². The molecule has 5 nitrogen and oxygen atoms in total. The third-order valence-corrected chi connectivity index (χ3v) is 3.82. The molecule has 122 valence electrons. The van der Waals surface area contributed by atoms with Gasteiger partial charge in [-0.1, -0.05) is 23.2 Å². The summed E-state index contributed by atoms with van der Waals surface area (Å²) in [7, 11) is 0. The van der Waals surface area contributed by atoms with Gasteiger partial charge in [0, 0.05) is 17.8 Å². The number of rotatable bonds is 3. The first kappa shape index (κ1) is 17.0. The van der Waals surface area contributed by atoms with Crippen LogP contribution in [0.5, 0.6) is 5.75 Å². The zero-order valence-corrected chi connectivity index (χ0v) is 14.3. The number of benzene rings is 1. The summed E-state index contributed by atoms with van der Waals surface area (Å²) in [4.78, 5) is 11.6. The molecule has 22 heavy (non-hydrogen) atoms. The SMILES string of the molecule is CC(C)(C)OC(=O)NC1CC(Nc2cc(Cl)c(O)c(Cl)c2)C1. The van der Waals surface area contributed by atoms with E-state index in [1.165, 1.54) is 0 Å². The normalized spacial score (nSPS) is 21.0. The molecule has 3 N–H and O–H groups in total. The number of aromatic hydroxyl groups is 1. The number of hydrogen-bond donors (Lipinski definition) is 3. The highest BCUT2D eigenvalue weighted by Gasteiger charge is 2.31. The largest absolute Gasteiger partial charge is 0.505 e. The molecule has 0 aliphatic heterocycles. The van der Waals surface area contributed by atoms with Gasteiger partial charge in [-0.3, -0.25) is 0 Å². The molecular formula is C15H20Cl2N2O3. The van der Waals surface area contributed by atoms with Crippen molar-refractivity contribution in [2.24, 2.45) is 0 Å². The van der Waals surface area contributed by atoms with Crippen LogP contribution in [0, 0.1) is 0 Å². The zero-order chi connectivity index (χ0) is 16.5. The molecule has 1 aliphatic rings. The van der Waals surface area contributed by atoms with Crippen molar-refractivity contribution in [2.75, 3.05) is 5.32 Å². The number of alkyl carbamates (subject to hydrolysis) is 1. The average Bonchev–Trinajstić information content (AvgIpc) is 2.30. The lowest BCUT2D eigenvalue weighted by Crippen LogP contribution is -2.50. The summed E-state index contributed by atoms with van der Waals surface area (Å²) in [5.41, 5.74) is 0.249. The van der Waals surface area contributed by atoms with Crippen molar-refractivity contribution in [1.29, 1.82) is 0 Å². The van der Waals surface area contributed by atoms with E-state index in [9.17, 15) is 9.90 Å². The van der Waals surface area contributed by atoms with Gasteiger partial charge in [-0.2, -0.15) is 0 Å². The lowest BCUT2D eigenvalue weighted by atomic mass is 9.86. The molecule has 0 spiro atoms. The lowest BCUT2D eigenvalue weighted by Gasteiger charge is -2.37. The Kier molecular flexibility index (Phi) is 4.97. The predicted octanol–water partition coefficient (Wildman–Crippen LogP) is 4.17. The summed E-state index contributed by atoms with van der Waals surface area (Å²) < 4.78 is 5.21. The van der Waals surface area contributed by atoms with E-state index in [0.29, 0.717) is 0 Å². The molecule has 7 heteroatoms. The molecule has 0 unspecified atom stereocenters. The second-order valence-corrected chi connectivity index (χ2v) is 7.26. The standard InChI is InChI=1S/C15H20Cl2N2O3/c1-15(2,3)22-14(21)19-9-4-8(5-9)18-10-6-11(16)13(20)12(17)7-10/h6-9,18,20H,4-5H2,1-3H3,(H,19,21). The van der Waals surface area contributed by atoms with E-state index in [-0.39, 0.29) is 27.9 Å². The number of halogens is 2. The minimum Gasteiger partial charge on any atom is -0.505 e. The molecule has 0 bridgehead atoms. The summed E-state index contributed by atoms with van der Waals surface area (Å²) in [6.45, 7) is 5.49. The second-order valence-electron chi connectivity index (χ2n) is 6.44. The molecule has 1 aromatic rings. The molecule has 0 radical (unpaired) electrons. The Hall–Kier alpha value is -1.33. The first-order valence-corrected chi connectivity index (χ1v) is 7.83. The lowest BCUT2D eigenvalue weighted by molar-refractivity contribution is 0.0475. The van der Waals surface area contributed by atoms with Crippen LogP contribution in [0.2, 0.25) is 10.0 Å². The summed E-state index contributed by atoms with van der Waals surface area (Å²) in [6.07, 6.45) is 1.18. The fraction of sp³-hybridized carbons (Fsp3) is 0.533. The number of ether oxygens (including phenoxy) is 1. The number of carbonyl (C=O) groups is 1. The van der Waals surface area contributed by atoms with Gasteiger partial charge in [-0.15, -0.1) is 0 Å². The van der Waals surface area contributed by atoms with E-state index in [2.05, 4.69) is 10.6 Å². The van der Waals surface area contributed by atoms with Crippen LogP contribution in [0.25, 0.3) is 0 Å². The van der Waals surface area contributed by atoms with Gasteiger partial charge in [0.05, 0.1) is 10.0 Å². The maximum atomic E-state index is 11.6. The van der Waals surface area contributed by atoms with Crippen molar-refractivity contribution >= 4 is 35.0 Å². The van der Waals surface area contributed by atoms with Gasteiger partial charge >= 0.3 is 6.09 Å². The zero-order valence-electron chi connectivity index (χ0n) is 12.7. The fourth-order valence-electron chi connectivity index (χ4n) is 2.21. The molecule has 1 amide bonds. The fourth-order valence-corrected chi connectivity index (χ4v) is 2.70. The Bertz CT molecular complexity index is 543. The van der Waals surface area contributed by atoms with Crippen LogP contribution in [-0.4, -0.2) is 28.9 Å². The number of anilines is 1. The first-order valence-electron chi connectivity index (χ1n) is 7.08. The molecule has 2 rings (SSSR count). The summed E-state index contributed by atoms with van der Waals surface area (Å²) in [6, 6.07) is 3.56. The molecule has 1 saturated carbocycles. The minimum absolute atomic E-state index is 0.0930. The Labute approximate surface area is 139 Å². The first-order chi connectivity index (χ1) is 10.1. The summed E-state index contributed by atoms with van der Waals surface area (Å²) >= 11 is 11.7. The number of carbonyl (C=O) groups excluding carboxylic acids is 1. The smallest absolute Gasteiger partial charge is 0.407 e. The van der Waals surface area contributed by atoms with Crippen molar-refractivity contribution in [3.8, 4) is 5.75 Å². The van der Waals surface area contributed by atoms with Crippen LogP contribution in [0.3, 0.4) is 0 Å². The third kappa shape index (κ3) is 4.58. The summed E-state index contributed by atoms with van der Waals surface area (Å²) in [5.74, 6) is -0.119. The Morgan fingerprint density at radius 3 is 2.27 bits per heavy atom. The van der Waals surface area contributed by atoms with E-state index < -0.39 is 11.7 Å². The number of phenols is 1. The Balaban J connectivity index is 1.79. The maximum absolute atomic E-state index is 11.6. The minimum atomic E-state index is -0.495. The third-order valence-electron chi connectivity index (χ3n) is 3.25. The van der Waals surface area contributed by atoms with Crippen molar-refractivity contribution < 1.29 is 14.6 Å². The number of nitrogens with one attached hydrogen (secondary N) is 2. The molecule has 1 aliphatic carbocycles. The Morgan fingerprint density at radius 1 is 1.23 bits per heavy atom. The van der Waals surface area contributed by atoms with Gasteiger partial charge in [-0.05, 0) is 45.7 Å². The number of amides is 1. The van der Waals surface area contributed by atoms with Gasteiger partial charge in [-0.25, -0.2) is 4.79 Å². The van der Waals surface area contributed by atoms with E-state index in [4.69, 9.17) is 27.9 Å². The van der Waals surface area contributed by atoms with Crippen LogP contribution in [0.15, 0.2) is 12.1 Å². The highest BCUT2D eigenvalue weighted by atomic mass is 35.5. The highest BCUT2D eigenvalue weighted by molar-refractivity contribution is 6.37. The molecule has 0 heterocycles. The molecule has 0 atom stereocenters. The predicted molar refractivity (Wildman–Crippen MR) is 87.9 cm³/mol. The summed E-state index contributed by atoms with van der Waals surface area (Å²) in [5, 5.41) is 16.0. The second kappa shape index (κ2) is 6.42. The van der Waals surface area contributed by atoms with E-state index in [1.807, 2.05) is 20.8 Å². The number of phenolic OH excluding ortho intramolecular Hbond substituents is 1. The topological polar surface area (TPSA) is 70.6 Å². The van der Waals surface area contributed by atoms with Crippen LogP contribution in [0.4, 0.5) is 10.5 Å². The van der Waals surface area contributed by atoms with Crippen molar-refractivity contribution in [3.63, 3.8) is 0 Å². The molecule has 0 aromatic heterocycles. The van der Waals surface area contributed by atoms with Gasteiger partial charge in [0.2, 0.25) is 0 Å². The van der Waals surface area contributed by atoms with Crippen molar-refractivity contribution in [3.05, 3.63) is 22.2 Å². The molecule has 0 saturated heterocycles. The van der Waals surface area contributed by atoms with E-state index >= 15 is 0 Å². The molecule has 1 fully saturated rings. The van der Waals surface area contributed by atoms with Crippen molar-refractivity contribution in [2.45, 2.75) is 51.3 Å². The van der Waals surface area contributed by atoms with Gasteiger partial charge in [0.15, 0.2) is 5.75 Å². The quantitative estimate of drug-likeness (QED) is 0.718. The average molecular weight is 347 g/mol. The van der Waals surface area contributed by atoms with E-state index in [1.54, 1.807) is 12.1 Å². The van der Waals surface area contributed by atoms with Crippen LogP contribution < -0.4 is 10.6 Å². The van der Waals surface area contributed by atoms with Crippen LogP contribution in [0.1, 0.15) is 33.6 Å². The number of hydrogen-bond acceptors (Lipinski definition) is 4. The Morgan fingerprint density at radius 2 is 1.77 bits per heavy atom. The molecule has 1 aromatic carbocycles. The van der Waals surface area contributed by atoms with Gasteiger partial charge in [0.25, 0.3) is 0 Å².